The van der Waals surface area contributed by atoms with Gasteiger partial charge in [0, 0.05) is 11.6 Å². The molecule has 0 fully saturated rings. The average molecular weight is 397 g/mol. The van der Waals surface area contributed by atoms with Gasteiger partial charge < -0.3 is 8.92 Å². The Labute approximate surface area is 147 Å². The van der Waals surface area contributed by atoms with Gasteiger partial charge >= 0.3 is 17.3 Å². The van der Waals surface area contributed by atoms with Gasteiger partial charge in [0.2, 0.25) is 11.8 Å². The standard InChI is InChI=1S/C11H10Cl2N4O4S2/c1-5-4-22-9(13)8(5)21-23(19)17-11(18)16-10-14-6(12)3-7(15-10)20-2/h3-4H,1-2H3,(H2,14,15,16,17,18). The number of hydrogen-bond donors (Lipinski definition) is 2. The summed E-state index contributed by atoms with van der Waals surface area (Å²) in [6.07, 6.45) is 0. The number of nitrogens with one attached hydrogen (secondary N) is 2. The van der Waals surface area contributed by atoms with E-state index in [-0.39, 0.29) is 22.7 Å². The molecular formula is C11H10Cl2N4O4S2. The molecule has 0 spiro atoms. The number of carbonyl (C=O) groups is 1. The number of hydrogen-bond acceptors (Lipinski definition) is 7. The number of methoxy groups -OCH3 is 1. The Hall–Kier alpha value is -1.62. The van der Waals surface area contributed by atoms with Gasteiger partial charge in [0.05, 0.1) is 7.11 Å². The van der Waals surface area contributed by atoms with E-state index >= 15 is 0 Å². The van der Waals surface area contributed by atoms with E-state index in [9.17, 15) is 9.00 Å². The van der Waals surface area contributed by atoms with Crippen LogP contribution >= 0.6 is 34.5 Å². The topological polar surface area (TPSA) is 102 Å². The number of aryl methyl sites for hydroxylation is 1. The van der Waals surface area contributed by atoms with Gasteiger partial charge in [0.25, 0.3) is 0 Å². The number of ether oxygens (including phenoxy) is 1. The quantitative estimate of drug-likeness (QED) is 0.753. The smallest absolute Gasteiger partial charge is 0.336 e. The number of amides is 2. The summed E-state index contributed by atoms with van der Waals surface area (Å²) in [7, 11) is 1.39. The van der Waals surface area contributed by atoms with Crippen molar-refractivity contribution in [3.8, 4) is 11.6 Å². The zero-order valence-corrected chi connectivity index (χ0v) is 14.9. The molecule has 0 saturated heterocycles. The van der Waals surface area contributed by atoms with Gasteiger partial charge in [-0.15, -0.1) is 11.3 Å². The molecule has 23 heavy (non-hydrogen) atoms. The van der Waals surface area contributed by atoms with E-state index < -0.39 is 17.3 Å². The summed E-state index contributed by atoms with van der Waals surface area (Å²) in [5.41, 5.74) is 0.707. The van der Waals surface area contributed by atoms with E-state index in [1.54, 1.807) is 12.3 Å². The minimum Gasteiger partial charge on any atom is -0.481 e. The normalized spacial score (nSPS) is 11.7. The minimum atomic E-state index is -2.15. The van der Waals surface area contributed by atoms with E-state index in [1.165, 1.54) is 24.5 Å². The van der Waals surface area contributed by atoms with Crippen molar-refractivity contribution in [3.05, 3.63) is 26.5 Å². The second-order valence-corrected chi connectivity index (χ2v) is 6.66. The molecule has 0 radical (unpaired) electrons. The molecule has 0 saturated carbocycles. The molecule has 0 aliphatic heterocycles. The van der Waals surface area contributed by atoms with E-state index in [4.69, 9.17) is 32.1 Å². The van der Waals surface area contributed by atoms with Crippen LogP contribution in [-0.2, 0) is 11.3 Å². The molecule has 8 nitrogen and oxygen atoms in total. The highest BCUT2D eigenvalue weighted by molar-refractivity contribution is 7.79. The van der Waals surface area contributed by atoms with Crippen molar-refractivity contribution in [1.29, 1.82) is 0 Å². The maximum absolute atomic E-state index is 11.8. The number of nitrogens with zero attached hydrogens (tertiary/aromatic N) is 2. The molecule has 2 N–H and O–H groups in total. The molecule has 0 aromatic carbocycles. The molecule has 0 bridgehead atoms. The number of halogens is 2. The Bertz CT molecular complexity index is 736. The van der Waals surface area contributed by atoms with Crippen molar-refractivity contribution < 1.29 is 17.9 Å². The summed E-state index contributed by atoms with van der Waals surface area (Å²) >= 11 is 10.7. The van der Waals surface area contributed by atoms with Crippen LogP contribution in [-0.4, -0.2) is 27.3 Å². The van der Waals surface area contributed by atoms with Crippen LogP contribution in [0.4, 0.5) is 10.7 Å². The Balaban J connectivity index is 1.97. The Morgan fingerprint density at radius 1 is 1.39 bits per heavy atom. The molecule has 2 rings (SSSR count). The van der Waals surface area contributed by atoms with E-state index in [0.717, 1.165) is 0 Å². The van der Waals surface area contributed by atoms with Crippen molar-refractivity contribution in [1.82, 2.24) is 14.7 Å². The first-order chi connectivity index (χ1) is 10.9. The van der Waals surface area contributed by atoms with Gasteiger partial charge in [-0.05, 0) is 12.3 Å². The second kappa shape index (κ2) is 7.77. The zero-order valence-electron chi connectivity index (χ0n) is 11.8. The molecule has 12 heteroatoms. The second-order valence-electron chi connectivity index (χ2n) is 3.95. The molecule has 2 amide bonds. The van der Waals surface area contributed by atoms with E-state index in [2.05, 4.69) is 20.0 Å². The lowest BCUT2D eigenvalue weighted by Gasteiger charge is -2.08. The fraction of sp³-hybridized carbons (Fsp3) is 0.182. The van der Waals surface area contributed by atoms with Crippen LogP contribution in [0.15, 0.2) is 11.4 Å². The van der Waals surface area contributed by atoms with Crippen LogP contribution in [0.2, 0.25) is 9.49 Å². The first kappa shape index (κ1) is 17.7. The third kappa shape index (κ3) is 4.93. The molecule has 0 aliphatic carbocycles. The van der Waals surface area contributed by atoms with Gasteiger partial charge in [0.15, 0.2) is 5.75 Å². The summed E-state index contributed by atoms with van der Waals surface area (Å²) in [6.45, 7) is 1.74. The number of rotatable bonds is 5. The van der Waals surface area contributed by atoms with Crippen LogP contribution in [0.5, 0.6) is 11.6 Å². The molecule has 2 aromatic rings. The zero-order chi connectivity index (χ0) is 17.0. The predicted octanol–water partition coefficient (Wildman–Crippen LogP) is 2.94. The van der Waals surface area contributed by atoms with Gasteiger partial charge in [-0.1, -0.05) is 23.2 Å². The van der Waals surface area contributed by atoms with Gasteiger partial charge in [0.1, 0.15) is 9.49 Å². The molecule has 0 aliphatic rings. The van der Waals surface area contributed by atoms with Crippen LogP contribution in [0, 0.1) is 6.92 Å². The Morgan fingerprint density at radius 2 is 2.13 bits per heavy atom. The monoisotopic (exact) mass is 396 g/mol. The highest BCUT2D eigenvalue weighted by Crippen LogP contribution is 2.34. The number of aromatic nitrogens is 2. The largest absolute Gasteiger partial charge is 0.481 e. The SMILES string of the molecule is COc1cc(Cl)nc(NC(=O)NS(=O)Oc2c(C)csc2Cl)n1. The lowest BCUT2D eigenvalue weighted by Crippen LogP contribution is -2.33. The summed E-state index contributed by atoms with van der Waals surface area (Å²) in [5, 5.41) is 4.07. The molecule has 1 atom stereocenters. The molecule has 1 unspecified atom stereocenters. The predicted molar refractivity (Wildman–Crippen MR) is 88.6 cm³/mol. The first-order valence-electron chi connectivity index (χ1n) is 5.89. The first-order valence-corrected chi connectivity index (χ1v) is 8.60. The average Bonchev–Trinajstić information content (AvgIpc) is 2.78. The number of carbonyl (C=O) groups excluding carboxylic acids is 1. The highest BCUT2D eigenvalue weighted by Gasteiger charge is 2.15. The Kier molecular flexibility index (Phi) is 5.99. The molecular weight excluding hydrogens is 387 g/mol. The molecule has 2 heterocycles. The van der Waals surface area contributed by atoms with Crippen molar-refractivity contribution >= 4 is 57.8 Å². The number of urea groups is 1. The number of anilines is 1. The third-order valence-corrected chi connectivity index (χ3v) is 4.48. The minimum absolute atomic E-state index is 0.0743. The highest BCUT2D eigenvalue weighted by atomic mass is 35.5. The van der Waals surface area contributed by atoms with Crippen molar-refractivity contribution in [2.45, 2.75) is 6.92 Å². The maximum atomic E-state index is 11.8. The summed E-state index contributed by atoms with van der Waals surface area (Å²) in [5.74, 6) is 0.294. The van der Waals surface area contributed by atoms with Gasteiger partial charge in [-0.3, -0.25) is 5.32 Å². The lowest BCUT2D eigenvalue weighted by molar-refractivity contribution is 0.256. The van der Waals surface area contributed by atoms with E-state index in [1.807, 2.05) is 0 Å². The fourth-order valence-electron chi connectivity index (χ4n) is 1.36. The van der Waals surface area contributed by atoms with Crippen LogP contribution in [0.25, 0.3) is 0 Å². The van der Waals surface area contributed by atoms with Crippen molar-refractivity contribution in [2.24, 2.45) is 0 Å². The van der Waals surface area contributed by atoms with Crippen LogP contribution in [0.1, 0.15) is 5.56 Å². The summed E-state index contributed by atoms with van der Waals surface area (Å²) in [6, 6.07) is 0.518. The van der Waals surface area contributed by atoms with Crippen LogP contribution in [0.3, 0.4) is 0 Å². The molecule has 2 aromatic heterocycles. The van der Waals surface area contributed by atoms with E-state index in [0.29, 0.717) is 9.90 Å². The number of thiophene rings is 1. The Morgan fingerprint density at radius 3 is 2.74 bits per heavy atom. The lowest BCUT2D eigenvalue weighted by atomic mass is 10.4. The van der Waals surface area contributed by atoms with Gasteiger partial charge in [-0.2, -0.15) is 9.19 Å². The molecule has 124 valence electrons. The van der Waals surface area contributed by atoms with Crippen LogP contribution < -0.4 is 19.0 Å². The fourth-order valence-corrected chi connectivity index (χ4v) is 3.26. The summed E-state index contributed by atoms with van der Waals surface area (Å²) < 4.78 is 24.1. The third-order valence-electron chi connectivity index (χ3n) is 2.32. The van der Waals surface area contributed by atoms with Crippen molar-refractivity contribution in [2.75, 3.05) is 12.4 Å². The summed E-state index contributed by atoms with van der Waals surface area (Å²) in [4.78, 5) is 19.4. The van der Waals surface area contributed by atoms with Gasteiger partial charge in [-0.25, -0.2) is 14.5 Å². The van der Waals surface area contributed by atoms with Crippen molar-refractivity contribution in [3.63, 3.8) is 0 Å². The maximum Gasteiger partial charge on any atom is 0.336 e.